The van der Waals surface area contributed by atoms with Gasteiger partial charge in [-0.2, -0.15) is 0 Å². The molecule has 1 unspecified atom stereocenters. The van der Waals surface area contributed by atoms with Crippen molar-refractivity contribution in [3.05, 3.63) is 58.0 Å². The van der Waals surface area contributed by atoms with Gasteiger partial charge in [-0.15, -0.1) is 11.8 Å². The molecule has 132 valence electrons. The Hall–Kier alpha value is -2.05. The van der Waals surface area contributed by atoms with Gasteiger partial charge in [-0.05, 0) is 61.9 Å². The highest BCUT2D eigenvalue weighted by molar-refractivity contribution is 7.98. The number of hydrogen-bond acceptors (Lipinski definition) is 4. The fourth-order valence-electron chi connectivity index (χ4n) is 2.96. The van der Waals surface area contributed by atoms with Gasteiger partial charge in [0.1, 0.15) is 5.56 Å². The van der Waals surface area contributed by atoms with Crippen LogP contribution in [0.2, 0.25) is 0 Å². The lowest BCUT2D eigenvalue weighted by atomic mass is 10.1. The van der Waals surface area contributed by atoms with Crippen molar-refractivity contribution in [1.82, 2.24) is 4.57 Å². The summed E-state index contributed by atoms with van der Waals surface area (Å²) < 4.78 is 7.18. The number of nitrogens with zero attached hydrogens (tertiary/aromatic N) is 1. The molecule has 1 amide bonds. The predicted octanol–water partition coefficient (Wildman–Crippen LogP) is 3.31. The van der Waals surface area contributed by atoms with Crippen LogP contribution in [0, 0.1) is 6.92 Å². The quantitative estimate of drug-likeness (QED) is 0.833. The lowest BCUT2D eigenvalue weighted by molar-refractivity contribution is 0.0952. The molecular formula is C19H22N2O3S. The van der Waals surface area contributed by atoms with E-state index in [-0.39, 0.29) is 23.1 Å². The Kier molecular flexibility index (Phi) is 5.60. The van der Waals surface area contributed by atoms with Gasteiger partial charge in [0.25, 0.3) is 11.5 Å². The predicted molar refractivity (Wildman–Crippen MR) is 101 cm³/mol. The van der Waals surface area contributed by atoms with Crippen LogP contribution in [0.15, 0.2) is 46.2 Å². The van der Waals surface area contributed by atoms with Gasteiger partial charge in [-0.1, -0.05) is 0 Å². The second kappa shape index (κ2) is 7.89. The fraction of sp³-hybridized carbons (Fsp3) is 0.368. The van der Waals surface area contributed by atoms with Crippen LogP contribution in [0.4, 0.5) is 5.69 Å². The fourth-order valence-corrected chi connectivity index (χ4v) is 3.37. The Morgan fingerprint density at radius 1 is 1.32 bits per heavy atom. The van der Waals surface area contributed by atoms with Crippen LogP contribution >= 0.6 is 11.8 Å². The zero-order valence-electron chi connectivity index (χ0n) is 14.5. The second-order valence-corrected chi connectivity index (χ2v) is 7.03. The first kappa shape index (κ1) is 17.8. The zero-order valence-corrected chi connectivity index (χ0v) is 15.3. The number of hydrogen-bond donors (Lipinski definition) is 1. The van der Waals surface area contributed by atoms with Crippen molar-refractivity contribution in [3.63, 3.8) is 0 Å². The number of pyridine rings is 1. The Balaban J connectivity index is 1.81. The number of thioether (sulfide) groups is 1. The molecule has 0 spiro atoms. The summed E-state index contributed by atoms with van der Waals surface area (Å²) in [5.74, 6) is -0.374. The van der Waals surface area contributed by atoms with Gasteiger partial charge in [-0.25, -0.2) is 0 Å². The van der Waals surface area contributed by atoms with E-state index in [2.05, 4.69) is 5.32 Å². The molecule has 1 atom stereocenters. The molecule has 1 N–H and O–H groups in total. The molecule has 0 aliphatic carbocycles. The van der Waals surface area contributed by atoms with E-state index in [0.29, 0.717) is 17.8 Å². The van der Waals surface area contributed by atoms with Crippen molar-refractivity contribution in [2.24, 2.45) is 0 Å². The molecule has 5 nitrogen and oxygen atoms in total. The highest BCUT2D eigenvalue weighted by Gasteiger charge is 2.20. The summed E-state index contributed by atoms with van der Waals surface area (Å²) in [6.45, 7) is 3.01. The molecule has 1 aromatic carbocycles. The van der Waals surface area contributed by atoms with E-state index < -0.39 is 0 Å². The Labute approximate surface area is 151 Å². The number of carbonyl (C=O) groups excluding carboxylic acids is 1. The van der Waals surface area contributed by atoms with Crippen molar-refractivity contribution < 1.29 is 9.53 Å². The molecular weight excluding hydrogens is 336 g/mol. The van der Waals surface area contributed by atoms with Crippen molar-refractivity contribution in [1.29, 1.82) is 0 Å². The average molecular weight is 358 g/mol. The number of amides is 1. The minimum Gasteiger partial charge on any atom is -0.376 e. The number of rotatable bonds is 5. The molecule has 2 heterocycles. The first-order valence-electron chi connectivity index (χ1n) is 8.35. The topological polar surface area (TPSA) is 60.3 Å². The SMILES string of the molecule is CSc1ccc(NC(=O)c2c(C)ccn(CC3CCCO3)c2=O)cc1. The third-order valence-electron chi connectivity index (χ3n) is 4.37. The highest BCUT2D eigenvalue weighted by Crippen LogP contribution is 2.18. The summed E-state index contributed by atoms with van der Waals surface area (Å²) in [5, 5.41) is 2.82. The summed E-state index contributed by atoms with van der Waals surface area (Å²) in [7, 11) is 0. The average Bonchev–Trinajstić information content (AvgIpc) is 3.11. The van der Waals surface area contributed by atoms with E-state index in [1.54, 1.807) is 29.4 Å². The van der Waals surface area contributed by atoms with Crippen LogP contribution in [-0.4, -0.2) is 29.4 Å². The third-order valence-corrected chi connectivity index (χ3v) is 5.12. The Morgan fingerprint density at radius 2 is 2.08 bits per heavy atom. The molecule has 2 aromatic rings. The van der Waals surface area contributed by atoms with Crippen LogP contribution in [0.25, 0.3) is 0 Å². The number of aryl methyl sites for hydroxylation is 1. The molecule has 1 aliphatic heterocycles. The molecule has 0 radical (unpaired) electrons. The molecule has 3 rings (SSSR count). The van der Waals surface area contributed by atoms with E-state index >= 15 is 0 Å². The number of aromatic nitrogens is 1. The van der Waals surface area contributed by atoms with Crippen LogP contribution in [0.5, 0.6) is 0 Å². The van der Waals surface area contributed by atoms with E-state index in [1.807, 2.05) is 36.6 Å². The molecule has 1 aromatic heterocycles. The molecule has 0 bridgehead atoms. The summed E-state index contributed by atoms with van der Waals surface area (Å²) in [5.41, 5.74) is 1.27. The molecule has 6 heteroatoms. The molecule has 1 aliphatic rings. The second-order valence-electron chi connectivity index (χ2n) is 6.15. The molecule has 1 fully saturated rings. The van der Waals surface area contributed by atoms with Gasteiger partial charge >= 0.3 is 0 Å². The summed E-state index contributed by atoms with van der Waals surface area (Å²) in [6.07, 6.45) is 5.75. The summed E-state index contributed by atoms with van der Waals surface area (Å²) >= 11 is 1.64. The van der Waals surface area contributed by atoms with Crippen molar-refractivity contribution in [3.8, 4) is 0 Å². The minimum atomic E-state index is -0.374. The van der Waals surface area contributed by atoms with Crippen LogP contribution in [-0.2, 0) is 11.3 Å². The van der Waals surface area contributed by atoms with Gasteiger partial charge in [-0.3, -0.25) is 9.59 Å². The Bertz CT molecular complexity index is 808. The van der Waals surface area contributed by atoms with Gasteiger partial charge in [0.2, 0.25) is 0 Å². The molecule has 1 saturated heterocycles. The maximum absolute atomic E-state index is 12.8. The number of benzene rings is 1. The van der Waals surface area contributed by atoms with Crippen LogP contribution in [0.3, 0.4) is 0 Å². The van der Waals surface area contributed by atoms with Crippen LogP contribution < -0.4 is 10.9 Å². The van der Waals surface area contributed by atoms with E-state index in [1.165, 1.54) is 0 Å². The van der Waals surface area contributed by atoms with Gasteiger partial charge in [0, 0.05) is 23.4 Å². The lowest BCUT2D eigenvalue weighted by Gasteiger charge is -2.14. The summed E-state index contributed by atoms with van der Waals surface area (Å²) in [4.78, 5) is 26.5. The van der Waals surface area contributed by atoms with Gasteiger partial charge in [0.15, 0.2) is 0 Å². The first-order valence-corrected chi connectivity index (χ1v) is 9.58. The molecule has 25 heavy (non-hydrogen) atoms. The normalized spacial score (nSPS) is 16.8. The third kappa shape index (κ3) is 4.14. The monoisotopic (exact) mass is 358 g/mol. The van der Waals surface area contributed by atoms with Crippen LogP contribution in [0.1, 0.15) is 28.8 Å². The smallest absolute Gasteiger partial charge is 0.263 e. The van der Waals surface area contributed by atoms with E-state index in [0.717, 1.165) is 24.3 Å². The maximum atomic E-state index is 12.8. The minimum absolute atomic E-state index is 0.0513. The summed E-state index contributed by atoms with van der Waals surface area (Å²) in [6, 6.07) is 9.36. The highest BCUT2D eigenvalue weighted by atomic mass is 32.2. The zero-order chi connectivity index (χ0) is 17.8. The van der Waals surface area contributed by atoms with Gasteiger partial charge < -0.3 is 14.6 Å². The number of ether oxygens (including phenoxy) is 1. The number of anilines is 1. The molecule has 0 saturated carbocycles. The van der Waals surface area contributed by atoms with Crippen molar-refractivity contribution in [2.45, 2.75) is 37.3 Å². The largest absolute Gasteiger partial charge is 0.376 e. The maximum Gasteiger partial charge on any atom is 0.263 e. The van der Waals surface area contributed by atoms with Gasteiger partial charge in [0.05, 0.1) is 12.6 Å². The number of nitrogens with one attached hydrogen (secondary N) is 1. The standard InChI is InChI=1S/C19H22N2O3S/c1-13-9-10-21(12-15-4-3-11-24-15)19(23)17(13)18(22)20-14-5-7-16(25-2)8-6-14/h5-10,15H,3-4,11-12H2,1-2H3,(H,20,22). The Morgan fingerprint density at radius 3 is 2.72 bits per heavy atom. The number of carbonyl (C=O) groups is 1. The van der Waals surface area contributed by atoms with Crippen molar-refractivity contribution in [2.75, 3.05) is 18.2 Å². The van der Waals surface area contributed by atoms with Crippen molar-refractivity contribution >= 4 is 23.4 Å². The van der Waals surface area contributed by atoms with E-state index in [4.69, 9.17) is 4.74 Å². The lowest BCUT2D eigenvalue weighted by Crippen LogP contribution is -2.32. The van der Waals surface area contributed by atoms with E-state index in [9.17, 15) is 9.59 Å². The first-order chi connectivity index (χ1) is 12.1.